The molecule has 2 amide bonds. The molecule has 0 aliphatic carbocycles. The van der Waals surface area contributed by atoms with Crippen LogP contribution in [0, 0.1) is 5.92 Å². The number of anilines is 2. The van der Waals surface area contributed by atoms with E-state index in [9.17, 15) is 9.59 Å². The van der Waals surface area contributed by atoms with Gasteiger partial charge in [0.1, 0.15) is 24.7 Å². The average Bonchev–Trinajstić information content (AvgIpc) is 3.14. The number of hydrogen-bond donors (Lipinski definition) is 1. The average molecular weight is 398 g/mol. The summed E-state index contributed by atoms with van der Waals surface area (Å²) >= 11 is 0. The fourth-order valence-electron chi connectivity index (χ4n) is 3.46. The van der Waals surface area contributed by atoms with Gasteiger partial charge in [-0.15, -0.1) is 0 Å². The van der Waals surface area contributed by atoms with E-state index in [1.54, 1.807) is 55.5 Å². The predicted molar refractivity (Wildman–Crippen MR) is 106 cm³/mol. The van der Waals surface area contributed by atoms with E-state index < -0.39 is 5.92 Å². The van der Waals surface area contributed by atoms with Crippen molar-refractivity contribution in [2.75, 3.05) is 44.2 Å². The molecule has 0 aromatic heterocycles. The van der Waals surface area contributed by atoms with Crippen LogP contribution in [0.5, 0.6) is 23.0 Å². The maximum absolute atomic E-state index is 12.8. The van der Waals surface area contributed by atoms with Crippen LogP contribution < -0.4 is 29.2 Å². The second-order valence-electron chi connectivity index (χ2n) is 6.82. The first-order chi connectivity index (χ1) is 14.1. The number of nitrogens with zero attached hydrogens (tertiary/aromatic N) is 1. The summed E-state index contributed by atoms with van der Waals surface area (Å²) in [5.41, 5.74) is 1.24. The molecule has 0 unspecified atom stereocenters. The summed E-state index contributed by atoms with van der Waals surface area (Å²) in [5, 5.41) is 2.85. The minimum Gasteiger partial charge on any atom is -0.497 e. The van der Waals surface area contributed by atoms with Crippen molar-refractivity contribution in [3.05, 3.63) is 36.4 Å². The maximum atomic E-state index is 12.8. The van der Waals surface area contributed by atoms with Gasteiger partial charge in [-0.2, -0.15) is 0 Å². The highest BCUT2D eigenvalue weighted by atomic mass is 16.6. The third kappa shape index (κ3) is 3.91. The standard InChI is InChI=1S/C21H22N2O6/c1-26-16-8-14(9-17(11-16)27-2)22-21(25)13-7-20(24)23(12-13)15-3-4-18-19(10-15)29-6-5-28-18/h3-4,8-11,13H,5-7,12H2,1-2H3,(H,22,25)/t13-/m1/s1. The Balaban J connectivity index is 1.47. The number of amides is 2. The molecule has 1 atom stereocenters. The Hall–Kier alpha value is -3.42. The molecule has 8 nitrogen and oxygen atoms in total. The molecule has 0 spiro atoms. The van der Waals surface area contributed by atoms with Gasteiger partial charge in [-0.25, -0.2) is 0 Å². The highest BCUT2D eigenvalue weighted by Gasteiger charge is 2.35. The number of hydrogen-bond acceptors (Lipinski definition) is 6. The van der Waals surface area contributed by atoms with E-state index in [-0.39, 0.29) is 18.2 Å². The lowest BCUT2D eigenvalue weighted by Gasteiger charge is -2.22. The number of ether oxygens (including phenoxy) is 4. The summed E-state index contributed by atoms with van der Waals surface area (Å²) in [6.07, 6.45) is 0.140. The second-order valence-corrected chi connectivity index (χ2v) is 6.82. The van der Waals surface area contributed by atoms with E-state index in [0.29, 0.717) is 54.1 Å². The Bertz CT molecular complexity index is 923. The molecule has 2 aliphatic heterocycles. The molecular formula is C21H22N2O6. The van der Waals surface area contributed by atoms with E-state index >= 15 is 0 Å². The zero-order chi connectivity index (χ0) is 20.4. The molecule has 0 radical (unpaired) electrons. The highest BCUT2D eigenvalue weighted by Crippen LogP contribution is 2.36. The van der Waals surface area contributed by atoms with Gasteiger partial charge in [0, 0.05) is 48.6 Å². The van der Waals surface area contributed by atoms with Gasteiger partial charge in [0.25, 0.3) is 0 Å². The van der Waals surface area contributed by atoms with Crippen molar-refractivity contribution in [3.8, 4) is 23.0 Å². The number of nitrogens with one attached hydrogen (secondary N) is 1. The zero-order valence-electron chi connectivity index (χ0n) is 16.3. The summed E-state index contributed by atoms with van der Waals surface area (Å²) in [6.45, 7) is 1.27. The number of carbonyl (C=O) groups is 2. The number of rotatable bonds is 5. The number of benzene rings is 2. The molecule has 2 aromatic rings. The van der Waals surface area contributed by atoms with E-state index in [4.69, 9.17) is 18.9 Å². The highest BCUT2D eigenvalue weighted by molar-refractivity contribution is 6.03. The van der Waals surface area contributed by atoms with Crippen molar-refractivity contribution >= 4 is 23.2 Å². The Kier molecular flexibility index (Phi) is 5.16. The Labute approximate surface area is 168 Å². The van der Waals surface area contributed by atoms with E-state index in [0.717, 1.165) is 0 Å². The molecule has 2 aliphatic rings. The molecule has 1 N–H and O–H groups in total. The van der Waals surface area contributed by atoms with Crippen LogP contribution in [0.3, 0.4) is 0 Å². The molecule has 2 heterocycles. The van der Waals surface area contributed by atoms with Gasteiger partial charge in [0.2, 0.25) is 11.8 Å². The van der Waals surface area contributed by atoms with Crippen molar-refractivity contribution in [1.29, 1.82) is 0 Å². The van der Waals surface area contributed by atoms with Crippen LogP contribution in [0.15, 0.2) is 36.4 Å². The molecule has 4 rings (SSSR count). The maximum Gasteiger partial charge on any atom is 0.229 e. The van der Waals surface area contributed by atoms with Gasteiger partial charge in [-0.05, 0) is 12.1 Å². The minimum absolute atomic E-state index is 0.106. The van der Waals surface area contributed by atoms with Crippen LogP contribution in [0.4, 0.5) is 11.4 Å². The number of methoxy groups -OCH3 is 2. The van der Waals surface area contributed by atoms with Gasteiger partial charge in [0.15, 0.2) is 11.5 Å². The monoisotopic (exact) mass is 398 g/mol. The molecule has 29 heavy (non-hydrogen) atoms. The summed E-state index contributed by atoms with van der Waals surface area (Å²) < 4.78 is 21.6. The molecule has 0 bridgehead atoms. The molecule has 2 aromatic carbocycles. The van der Waals surface area contributed by atoms with Gasteiger partial charge in [0.05, 0.1) is 20.1 Å². The lowest BCUT2D eigenvalue weighted by atomic mass is 10.1. The number of carbonyl (C=O) groups excluding carboxylic acids is 2. The molecule has 1 fully saturated rings. The van der Waals surface area contributed by atoms with Crippen molar-refractivity contribution in [1.82, 2.24) is 0 Å². The predicted octanol–water partition coefficient (Wildman–Crippen LogP) is 2.47. The summed E-state index contributed by atoms with van der Waals surface area (Å²) in [4.78, 5) is 26.9. The Morgan fingerprint density at radius 3 is 2.41 bits per heavy atom. The Morgan fingerprint density at radius 2 is 1.72 bits per heavy atom. The quantitative estimate of drug-likeness (QED) is 0.833. The summed E-state index contributed by atoms with van der Waals surface area (Å²) in [7, 11) is 3.09. The van der Waals surface area contributed by atoms with Crippen LogP contribution >= 0.6 is 0 Å². The van der Waals surface area contributed by atoms with Crippen molar-refractivity contribution in [2.24, 2.45) is 5.92 Å². The fraction of sp³-hybridized carbons (Fsp3) is 0.333. The van der Waals surface area contributed by atoms with E-state index in [1.165, 1.54) is 0 Å². The minimum atomic E-state index is -0.465. The van der Waals surface area contributed by atoms with Crippen LogP contribution in [-0.2, 0) is 9.59 Å². The van der Waals surface area contributed by atoms with Gasteiger partial charge >= 0.3 is 0 Å². The molecule has 0 saturated carbocycles. The van der Waals surface area contributed by atoms with Crippen LogP contribution in [-0.4, -0.2) is 45.8 Å². The van der Waals surface area contributed by atoms with Crippen LogP contribution in [0.2, 0.25) is 0 Å². The molecule has 152 valence electrons. The van der Waals surface area contributed by atoms with Gasteiger partial charge in [-0.3, -0.25) is 9.59 Å². The lowest BCUT2D eigenvalue weighted by Crippen LogP contribution is -2.28. The van der Waals surface area contributed by atoms with Crippen molar-refractivity contribution in [3.63, 3.8) is 0 Å². The number of fused-ring (bicyclic) bond motifs is 1. The van der Waals surface area contributed by atoms with Crippen molar-refractivity contribution < 1.29 is 28.5 Å². The molecule has 1 saturated heterocycles. The second kappa shape index (κ2) is 7.90. The van der Waals surface area contributed by atoms with Crippen LogP contribution in [0.1, 0.15) is 6.42 Å². The largest absolute Gasteiger partial charge is 0.497 e. The van der Waals surface area contributed by atoms with Gasteiger partial charge < -0.3 is 29.2 Å². The van der Waals surface area contributed by atoms with Gasteiger partial charge in [-0.1, -0.05) is 0 Å². The normalized spacial score (nSPS) is 17.8. The Morgan fingerprint density at radius 1 is 1.03 bits per heavy atom. The first-order valence-corrected chi connectivity index (χ1v) is 9.31. The first-order valence-electron chi connectivity index (χ1n) is 9.31. The topological polar surface area (TPSA) is 86.3 Å². The fourth-order valence-corrected chi connectivity index (χ4v) is 3.46. The smallest absolute Gasteiger partial charge is 0.229 e. The third-order valence-electron chi connectivity index (χ3n) is 4.95. The zero-order valence-corrected chi connectivity index (χ0v) is 16.3. The first kappa shape index (κ1) is 18.9. The molecular weight excluding hydrogens is 376 g/mol. The van der Waals surface area contributed by atoms with E-state index in [1.807, 2.05) is 0 Å². The molecule has 8 heteroatoms. The van der Waals surface area contributed by atoms with Crippen LogP contribution in [0.25, 0.3) is 0 Å². The lowest BCUT2D eigenvalue weighted by molar-refractivity contribution is -0.122. The third-order valence-corrected chi connectivity index (χ3v) is 4.95. The van der Waals surface area contributed by atoms with Crippen molar-refractivity contribution in [2.45, 2.75) is 6.42 Å². The van der Waals surface area contributed by atoms with E-state index in [2.05, 4.69) is 5.32 Å². The summed E-state index contributed by atoms with van der Waals surface area (Å²) in [6, 6.07) is 10.5. The summed E-state index contributed by atoms with van der Waals surface area (Å²) in [5.74, 6) is 1.61. The SMILES string of the molecule is COc1cc(NC(=O)[C@@H]2CC(=O)N(c3ccc4c(c3)OCCO4)C2)cc(OC)c1.